The maximum absolute atomic E-state index is 4.11. The topological polar surface area (TPSA) is 57.4 Å². The van der Waals surface area contributed by atoms with Gasteiger partial charge >= 0.3 is 0 Å². The molecular formula is C19H14N4. The van der Waals surface area contributed by atoms with Crippen LogP contribution >= 0.6 is 0 Å². The van der Waals surface area contributed by atoms with Crippen molar-refractivity contribution in [3.8, 4) is 33.6 Å². The smallest absolute Gasteiger partial charge is 0.0924 e. The number of fused-ring (bicyclic) bond motifs is 3. The van der Waals surface area contributed by atoms with E-state index in [1.54, 1.807) is 12.7 Å². The van der Waals surface area contributed by atoms with E-state index in [1.807, 2.05) is 12.4 Å². The van der Waals surface area contributed by atoms with Crippen molar-refractivity contribution in [2.75, 3.05) is 0 Å². The highest BCUT2D eigenvalue weighted by Crippen LogP contribution is 2.39. The Morgan fingerprint density at radius 2 is 1.22 bits per heavy atom. The van der Waals surface area contributed by atoms with Gasteiger partial charge in [0.2, 0.25) is 0 Å². The monoisotopic (exact) mass is 298 g/mol. The number of nitrogens with zero attached hydrogens (tertiary/aromatic N) is 2. The third kappa shape index (κ3) is 1.92. The second-order valence-electron chi connectivity index (χ2n) is 5.85. The highest BCUT2D eigenvalue weighted by atomic mass is 14.9. The van der Waals surface area contributed by atoms with Gasteiger partial charge in [0.05, 0.1) is 36.4 Å². The fourth-order valence-electron chi connectivity index (χ4n) is 3.37. The highest BCUT2D eigenvalue weighted by molar-refractivity contribution is 5.81. The van der Waals surface area contributed by atoms with Gasteiger partial charge in [-0.2, -0.15) is 0 Å². The predicted octanol–water partition coefficient (Wildman–Crippen LogP) is 4.04. The van der Waals surface area contributed by atoms with Gasteiger partial charge in [0, 0.05) is 0 Å². The number of H-pyrrole nitrogens is 2. The van der Waals surface area contributed by atoms with Crippen LogP contribution in [-0.4, -0.2) is 19.9 Å². The second kappa shape index (κ2) is 4.68. The lowest BCUT2D eigenvalue weighted by Crippen LogP contribution is -1.84. The molecule has 1 aliphatic rings. The maximum atomic E-state index is 4.11. The molecule has 4 nitrogen and oxygen atoms in total. The largest absolute Gasteiger partial charge is 0.345 e. The molecule has 110 valence electrons. The van der Waals surface area contributed by atoms with Gasteiger partial charge in [-0.05, 0) is 51.9 Å². The first kappa shape index (κ1) is 12.4. The van der Waals surface area contributed by atoms with Crippen molar-refractivity contribution in [2.45, 2.75) is 6.42 Å². The zero-order valence-electron chi connectivity index (χ0n) is 12.4. The number of imidazole rings is 2. The van der Waals surface area contributed by atoms with Gasteiger partial charge in [0.25, 0.3) is 0 Å². The van der Waals surface area contributed by atoms with Crippen molar-refractivity contribution >= 4 is 0 Å². The molecule has 2 N–H and O–H groups in total. The van der Waals surface area contributed by atoms with Crippen LogP contribution in [0.1, 0.15) is 11.1 Å². The molecule has 0 saturated heterocycles. The van der Waals surface area contributed by atoms with Crippen LogP contribution in [0.15, 0.2) is 61.4 Å². The molecule has 0 unspecified atom stereocenters. The first-order valence-corrected chi connectivity index (χ1v) is 7.62. The molecule has 2 aromatic carbocycles. The minimum atomic E-state index is 0.967. The highest BCUT2D eigenvalue weighted by Gasteiger charge is 2.19. The van der Waals surface area contributed by atoms with Gasteiger partial charge in [-0.3, -0.25) is 0 Å². The molecule has 4 aromatic rings. The van der Waals surface area contributed by atoms with Crippen molar-refractivity contribution in [2.24, 2.45) is 0 Å². The molecule has 0 aliphatic heterocycles. The Morgan fingerprint density at radius 3 is 1.65 bits per heavy atom. The van der Waals surface area contributed by atoms with E-state index >= 15 is 0 Å². The Labute approximate surface area is 133 Å². The predicted molar refractivity (Wildman–Crippen MR) is 89.8 cm³/mol. The van der Waals surface area contributed by atoms with Crippen molar-refractivity contribution in [1.29, 1.82) is 0 Å². The summed E-state index contributed by atoms with van der Waals surface area (Å²) < 4.78 is 0. The Hall–Kier alpha value is -3.14. The molecule has 23 heavy (non-hydrogen) atoms. The summed E-state index contributed by atoms with van der Waals surface area (Å²) >= 11 is 0. The van der Waals surface area contributed by atoms with Gasteiger partial charge in [-0.25, -0.2) is 9.97 Å². The molecule has 0 radical (unpaired) electrons. The van der Waals surface area contributed by atoms with E-state index in [4.69, 9.17) is 0 Å². The van der Waals surface area contributed by atoms with Crippen LogP contribution in [0.2, 0.25) is 0 Å². The first-order chi connectivity index (χ1) is 11.4. The number of hydrogen-bond acceptors (Lipinski definition) is 2. The quantitative estimate of drug-likeness (QED) is 0.517. The number of aromatic amines is 2. The van der Waals surface area contributed by atoms with E-state index < -0.39 is 0 Å². The number of rotatable bonds is 2. The lowest BCUT2D eigenvalue weighted by Gasteiger charge is -2.04. The Bertz CT molecular complexity index is 901. The van der Waals surface area contributed by atoms with Crippen LogP contribution in [-0.2, 0) is 6.42 Å². The summed E-state index contributed by atoms with van der Waals surface area (Å²) in [5.41, 5.74) is 9.89. The molecular weight excluding hydrogens is 284 g/mol. The molecule has 4 heteroatoms. The summed E-state index contributed by atoms with van der Waals surface area (Å²) in [7, 11) is 0. The minimum absolute atomic E-state index is 0.967. The van der Waals surface area contributed by atoms with Crippen LogP contribution in [0.25, 0.3) is 33.6 Å². The van der Waals surface area contributed by atoms with Gasteiger partial charge in [0.1, 0.15) is 0 Å². The molecule has 2 heterocycles. The number of aromatic nitrogens is 4. The summed E-state index contributed by atoms with van der Waals surface area (Å²) in [5.74, 6) is 0. The lowest BCUT2D eigenvalue weighted by atomic mass is 10.0. The lowest BCUT2D eigenvalue weighted by molar-refractivity contribution is 1.26. The molecule has 2 aromatic heterocycles. The average molecular weight is 298 g/mol. The van der Waals surface area contributed by atoms with Gasteiger partial charge in [0.15, 0.2) is 0 Å². The average Bonchev–Trinajstić information content (AvgIpc) is 3.32. The molecule has 0 atom stereocenters. The van der Waals surface area contributed by atoms with E-state index in [1.165, 1.54) is 33.4 Å². The molecule has 0 fully saturated rings. The van der Waals surface area contributed by atoms with Crippen LogP contribution < -0.4 is 0 Å². The molecule has 0 amide bonds. The zero-order valence-corrected chi connectivity index (χ0v) is 12.4. The van der Waals surface area contributed by atoms with E-state index in [2.05, 4.69) is 56.3 Å². The SMILES string of the molecule is c1ncc(-c2ccc3c(c2)Cc2cc(-c4cnc[nH]4)ccc2-3)[nH]1. The molecule has 0 saturated carbocycles. The van der Waals surface area contributed by atoms with Crippen molar-refractivity contribution < 1.29 is 0 Å². The molecule has 0 bridgehead atoms. The van der Waals surface area contributed by atoms with Crippen LogP contribution in [0, 0.1) is 0 Å². The van der Waals surface area contributed by atoms with Crippen molar-refractivity contribution in [3.63, 3.8) is 0 Å². The van der Waals surface area contributed by atoms with E-state index in [-0.39, 0.29) is 0 Å². The number of hydrogen-bond donors (Lipinski definition) is 2. The maximum Gasteiger partial charge on any atom is 0.0924 e. The van der Waals surface area contributed by atoms with Gasteiger partial charge < -0.3 is 9.97 Å². The fourth-order valence-corrected chi connectivity index (χ4v) is 3.37. The van der Waals surface area contributed by atoms with Gasteiger partial charge in [-0.15, -0.1) is 0 Å². The minimum Gasteiger partial charge on any atom is -0.345 e. The molecule has 1 aliphatic carbocycles. The second-order valence-corrected chi connectivity index (χ2v) is 5.85. The Balaban J connectivity index is 1.58. The summed E-state index contributed by atoms with van der Waals surface area (Å²) in [6.07, 6.45) is 8.12. The van der Waals surface area contributed by atoms with E-state index in [0.717, 1.165) is 17.8 Å². The Morgan fingerprint density at radius 1 is 0.696 bits per heavy atom. The fraction of sp³-hybridized carbons (Fsp3) is 0.0526. The van der Waals surface area contributed by atoms with E-state index in [0.29, 0.717) is 0 Å². The summed E-state index contributed by atoms with van der Waals surface area (Å²) in [6.45, 7) is 0. The normalized spacial score (nSPS) is 12.2. The number of benzene rings is 2. The third-order valence-corrected chi connectivity index (χ3v) is 4.50. The van der Waals surface area contributed by atoms with Crippen LogP contribution in [0.4, 0.5) is 0 Å². The van der Waals surface area contributed by atoms with Crippen molar-refractivity contribution in [3.05, 3.63) is 72.6 Å². The van der Waals surface area contributed by atoms with E-state index in [9.17, 15) is 0 Å². The summed E-state index contributed by atoms with van der Waals surface area (Å²) in [4.78, 5) is 14.6. The van der Waals surface area contributed by atoms with Crippen molar-refractivity contribution in [1.82, 2.24) is 19.9 Å². The Kier molecular flexibility index (Phi) is 2.52. The zero-order chi connectivity index (χ0) is 15.2. The third-order valence-electron chi connectivity index (χ3n) is 4.50. The van der Waals surface area contributed by atoms with Gasteiger partial charge in [-0.1, -0.05) is 24.3 Å². The standard InChI is InChI=1S/C19H14N4/c1-3-16-14(5-12(1)18-8-20-10-22-18)7-15-6-13(2-4-17(15)16)19-9-21-11-23-19/h1-6,8-11H,7H2,(H,20,22)(H,21,23). The summed E-state index contributed by atoms with van der Waals surface area (Å²) in [5, 5.41) is 0. The van der Waals surface area contributed by atoms with Crippen LogP contribution in [0.3, 0.4) is 0 Å². The van der Waals surface area contributed by atoms with Crippen LogP contribution in [0.5, 0.6) is 0 Å². The molecule has 5 rings (SSSR count). The summed E-state index contributed by atoms with van der Waals surface area (Å²) in [6, 6.07) is 13.3. The number of nitrogens with one attached hydrogen (secondary N) is 2. The molecule has 0 spiro atoms. The first-order valence-electron chi connectivity index (χ1n) is 7.62.